The van der Waals surface area contributed by atoms with Gasteiger partial charge >= 0.3 is 0 Å². The molecule has 0 aliphatic carbocycles. The number of amides is 1. The van der Waals surface area contributed by atoms with E-state index in [1.54, 1.807) is 18.6 Å². The molecule has 2 atom stereocenters. The number of likely N-dealkylation sites (tertiary alicyclic amines) is 1. The van der Waals surface area contributed by atoms with Gasteiger partial charge in [0.1, 0.15) is 5.69 Å². The van der Waals surface area contributed by atoms with E-state index in [1.165, 1.54) is 0 Å². The molecule has 0 N–H and O–H groups in total. The zero-order chi connectivity index (χ0) is 17.1. The number of hydrogen-bond donors (Lipinski definition) is 0. The Morgan fingerprint density at radius 3 is 3.08 bits per heavy atom. The summed E-state index contributed by atoms with van der Waals surface area (Å²) in [6.45, 7) is 2.84. The first-order valence-corrected chi connectivity index (χ1v) is 8.75. The second kappa shape index (κ2) is 7.26. The van der Waals surface area contributed by atoms with E-state index in [-0.39, 0.29) is 11.8 Å². The average molecular weight is 343 g/mol. The molecular formula is C17H21N5O3. The molecule has 1 amide bonds. The molecule has 8 nitrogen and oxygen atoms in total. The van der Waals surface area contributed by atoms with E-state index >= 15 is 0 Å². The van der Waals surface area contributed by atoms with Crippen molar-refractivity contribution in [2.45, 2.75) is 25.7 Å². The van der Waals surface area contributed by atoms with Crippen LogP contribution in [-0.4, -0.2) is 57.2 Å². The molecule has 132 valence electrons. The summed E-state index contributed by atoms with van der Waals surface area (Å²) in [5.74, 6) is 1.65. The van der Waals surface area contributed by atoms with E-state index in [0.29, 0.717) is 43.0 Å². The van der Waals surface area contributed by atoms with Crippen LogP contribution in [0.25, 0.3) is 11.5 Å². The Bertz CT molecular complexity index is 714. The van der Waals surface area contributed by atoms with Crippen molar-refractivity contribution in [3.63, 3.8) is 0 Å². The van der Waals surface area contributed by atoms with Gasteiger partial charge in [-0.2, -0.15) is 4.98 Å². The molecule has 0 radical (unpaired) electrons. The second-order valence-electron chi connectivity index (χ2n) is 6.66. The number of aromatic nitrogens is 4. The number of carbonyl (C=O) groups is 1. The number of piperidine rings is 1. The van der Waals surface area contributed by atoms with Crippen molar-refractivity contribution in [2.75, 3.05) is 26.3 Å². The summed E-state index contributed by atoms with van der Waals surface area (Å²) in [4.78, 5) is 27.2. The van der Waals surface area contributed by atoms with Gasteiger partial charge in [-0.1, -0.05) is 5.16 Å². The van der Waals surface area contributed by atoms with Crippen molar-refractivity contribution < 1.29 is 14.1 Å². The van der Waals surface area contributed by atoms with Gasteiger partial charge in [-0.3, -0.25) is 9.78 Å². The molecule has 0 bridgehead atoms. The Balaban J connectivity index is 1.37. The molecular weight excluding hydrogens is 322 g/mol. The average Bonchev–Trinajstić information content (AvgIpc) is 3.34. The summed E-state index contributed by atoms with van der Waals surface area (Å²) in [6.07, 6.45) is 8.40. The third-order valence-corrected chi connectivity index (χ3v) is 4.83. The maximum Gasteiger partial charge on any atom is 0.228 e. The highest BCUT2D eigenvalue weighted by Crippen LogP contribution is 2.24. The highest BCUT2D eigenvalue weighted by Gasteiger charge is 2.31. The van der Waals surface area contributed by atoms with Crippen LogP contribution in [-0.2, 0) is 16.0 Å². The third kappa shape index (κ3) is 3.68. The lowest BCUT2D eigenvalue weighted by Gasteiger charge is -2.33. The molecule has 0 aromatic carbocycles. The molecule has 2 aromatic rings. The number of carbonyl (C=O) groups excluding carboxylic acids is 1. The summed E-state index contributed by atoms with van der Waals surface area (Å²) in [5, 5.41) is 3.98. The SMILES string of the molecule is O=C([C@H]1CCOC1)N1CCC[C@@H](Cc2nc(-c3cnccn3)no2)C1. The van der Waals surface area contributed by atoms with Crippen molar-refractivity contribution in [3.8, 4) is 11.5 Å². The first kappa shape index (κ1) is 16.1. The summed E-state index contributed by atoms with van der Waals surface area (Å²) in [7, 11) is 0. The van der Waals surface area contributed by atoms with Crippen molar-refractivity contribution in [1.29, 1.82) is 0 Å². The molecule has 2 saturated heterocycles. The van der Waals surface area contributed by atoms with E-state index in [0.717, 1.165) is 32.4 Å². The van der Waals surface area contributed by atoms with Gasteiger partial charge in [0.05, 0.1) is 18.7 Å². The summed E-state index contributed by atoms with van der Waals surface area (Å²) in [5.41, 5.74) is 0.596. The zero-order valence-electron chi connectivity index (χ0n) is 14.0. The van der Waals surface area contributed by atoms with Gasteiger partial charge in [0, 0.05) is 38.5 Å². The fourth-order valence-corrected chi connectivity index (χ4v) is 3.52. The summed E-state index contributed by atoms with van der Waals surface area (Å²) < 4.78 is 10.7. The maximum absolute atomic E-state index is 12.6. The Morgan fingerprint density at radius 1 is 1.32 bits per heavy atom. The fraction of sp³-hybridized carbons (Fsp3) is 0.588. The smallest absolute Gasteiger partial charge is 0.228 e. The Morgan fingerprint density at radius 2 is 2.28 bits per heavy atom. The van der Waals surface area contributed by atoms with Crippen LogP contribution in [0.3, 0.4) is 0 Å². The van der Waals surface area contributed by atoms with Gasteiger partial charge < -0.3 is 14.2 Å². The molecule has 8 heteroatoms. The van der Waals surface area contributed by atoms with Gasteiger partial charge in [-0.15, -0.1) is 0 Å². The van der Waals surface area contributed by atoms with Crippen molar-refractivity contribution >= 4 is 5.91 Å². The Kier molecular flexibility index (Phi) is 4.69. The molecule has 0 saturated carbocycles. The van der Waals surface area contributed by atoms with Crippen LogP contribution in [0, 0.1) is 11.8 Å². The molecule has 0 unspecified atom stereocenters. The summed E-state index contributed by atoms with van der Waals surface area (Å²) >= 11 is 0. The monoisotopic (exact) mass is 343 g/mol. The molecule has 2 aromatic heterocycles. The lowest BCUT2D eigenvalue weighted by molar-refractivity contribution is -0.137. The van der Waals surface area contributed by atoms with Gasteiger partial charge in [0.2, 0.25) is 17.6 Å². The molecule has 4 heterocycles. The van der Waals surface area contributed by atoms with Crippen molar-refractivity contribution in [1.82, 2.24) is 25.0 Å². The quantitative estimate of drug-likeness (QED) is 0.827. The normalized spacial score (nSPS) is 23.8. The lowest BCUT2D eigenvalue weighted by Crippen LogP contribution is -2.43. The van der Waals surface area contributed by atoms with Crippen LogP contribution in [0.1, 0.15) is 25.2 Å². The van der Waals surface area contributed by atoms with Gasteiger partial charge in [0.25, 0.3) is 0 Å². The van der Waals surface area contributed by atoms with E-state index in [1.807, 2.05) is 4.90 Å². The highest BCUT2D eigenvalue weighted by atomic mass is 16.5. The largest absolute Gasteiger partial charge is 0.381 e. The molecule has 25 heavy (non-hydrogen) atoms. The van der Waals surface area contributed by atoms with Crippen LogP contribution in [0.2, 0.25) is 0 Å². The molecule has 0 spiro atoms. The standard InChI is InChI=1S/C17H21N5O3/c23-17(13-3-7-24-11-13)22-6-1-2-12(10-22)8-15-20-16(21-25-15)14-9-18-4-5-19-14/h4-5,9,12-13H,1-3,6-8,10-11H2/t12-,13-/m0/s1. The molecule has 4 rings (SSSR count). The predicted octanol–water partition coefficient (Wildman–Crippen LogP) is 1.34. The zero-order valence-corrected chi connectivity index (χ0v) is 14.0. The summed E-state index contributed by atoms with van der Waals surface area (Å²) in [6, 6.07) is 0. The highest BCUT2D eigenvalue weighted by molar-refractivity contribution is 5.79. The predicted molar refractivity (Wildman–Crippen MR) is 87.3 cm³/mol. The first-order chi connectivity index (χ1) is 12.3. The number of nitrogens with zero attached hydrogens (tertiary/aromatic N) is 5. The van der Waals surface area contributed by atoms with Crippen molar-refractivity contribution in [2.24, 2.45) is 11.8 Å². The maximum atomic E-state index is 12.6. The van der Waals surface area contributed by atoms with Crippen LogP contribution in [0.5, 0.6) is 0 Å². The van der Waals surface area contributed by atoms with E-state index in [9.17, 15) is 4.79 Å². The minimum atomic E-state index is 0.0328. The van der Waals surface area contributed by atoms with Crippen LogP contribution >= 0.6 is 0 Å². The molecule has 2 fully saturated rings. The third-order valence-electron chi connectivity index (χ3n) is 4.83. The van der Waals surface area contributed by atoms with Gasteiger partial charge in [0.15, 0.2) is 0 Å². The Hall–Kier alpha value is -2.35. The van der Waals surface area contributed by atoms with E-state index in [4.69, 9.17) is 9.26 Å². The van der Waals surface area contributed by atoms with Gasteiger partial charge in [-0.05, 0) is 25.2 Å². The van der Waals surface area contributed by atoms with Crippen molar-refractivity contribution in [3.05, 3.63) is 24.5 Å². The number of rotatable bonds is 4. The molecule has 2 aliphatic heterocycles. The van der Waals surface area contributed by atoms with Crippen LogP contribution in [0.15, 0.2) is 23.1 Å². The number of ether oxygens (including phenoxy) is 1. The minimum absolute atomic E-state index is 0.0328. The van der Waals surface area contributed by atoms with Crippen LogP contribution < -0.4 is 0 Å². The minimum Gasteiger partial charge on any atom is -0.381 e. The lowest BCUT2D eigenvalue weighted by atomic mass is 9.93. The van der Waals surface area contributed by atoms with E-state index in [2.05, 4.69) is 20.1 Å². The Labute approximate surface area is 145 Å². The number of hydrogen-bond acceptors (Lipinski definition) is 7. The second-order valence-corrected chi connectivity index (χ2v) is 6.66. The first-order valence-electron chi connectivity index (χ1n) is 8.75. The topological polar surface area (TPSA) is 94.2 Å². The van der Waals surface area contributed by atoms with Gasteiger partial charge in [-0.25, -0.2) is 4.98 Å². The fourth-order valence-electron chi connectivity index (χ4n) is 3.52. The van der Waals surface area contributed by atoms with E-state index < -0.39 is 0 Å². The van der Waals surface area contributed by atoms with Crippen LogP contribution in [0.4, 0.5) is 0 Å². The molecule has 2 aliphatic rings.